The molecule has 3 rings (SSSR count). The molecule has 0 atom stereocenters. The van der Waals surface area contributed by atoms with Crippen molar-refractivity contribution in [3.8, 4) is 0 Å². The largest absolute Gasteiger partial charge is 0.369 e. The van der Waals surface area contributed by atoms with E-state index in [1.54, 1.807) is 4.90 Å². The number of amides is 1. The van der Waals surface area contributed by atoms with Crippen molar-refractivity contribution in [2.24, 2.45) is 0 Å². The van der Waals surface area contributed by atoms with Crippen LogP contribution < -0.4 is 10.5 Å². The SMILES string of the molecule is Cc1ccccc1N1CCCN(C(=O)c2c[nH]c(=O)cn2)CC1. The van der Waals surface area contributed by atoms with Crippen molar-refractivity contribution in [1.29, 1.82) is 0 Å². The summed E-state index contributed by atoms with van der Waals surface area (Å²) in [7, 11) is 0. The molecule has 0 spiro atoms. The van der Waals surface area contributed by atoms with Crippen LogP contribution in [-0.4, -0.2) is 47.0 Å². The lowest BCUT2D eigenvalue weighted by molar-refractivity contribution is 0.0760. The molecule has 0 aliphatic carbocycles. The van der Waals surface area contributed by atoms with Crippen molar-refractivity contribution in [2.75, 3.05) is 31.1 Å². The van der Waals surface area contributed by atoms with Gasteiger partial charge in [-0.05, 0) is 25.0 Å². The summed E-state index contributed by atoms with van der Waals surface area (Å²) in [6.07, 6.45) is 3.43. The molecule has 0 bridgehead atoms. The standard InChI is InChI=1S/C17H20N4O2/c1-13-5-2-3-6-15(13)20-7-4-8-21(10-9-20)17(23)14-11-19-16(22)12-18-14/h2-3,5-6,11-12H,4,7-10H2,1H3,(H,19,22). The van der Waals surface area contributed by atoms with Gasteiger partial charge in [0.25, 0.3) is 11.5 Å². The first-order valence-corrected chi connectivity index (χ1v) is 7.80. The van der Waals surface area contributed by atoms with Crippen molar-refractivity contribution >= 4 is 11.6 Å². The van der Waals surface area contributed by atoms with Gasteiger partial charge in [-0.15, -0.1) is 0 Å². The fraction of sp³-hybridized carbons (Fsp3) is 0.353. The first-order valence-electron chi connectivity index (χ1n) is 7.80. The van der Waals surface area contributed by atoms with Crippen LogP contribution in [0.15, 0.2) is 41.5 Å². The molecule has 0 unspecified atom stereocenters. The Morgan fingerprint density at radius 2 is 2.00 bits per heavy atom. The summed E-state index contributed by atoms with van der Waals surface area (Å²) in [5.74, 6) is -0.132. The van der Waals surface area contributed by atoms with Crippen LogP contribution in [0.4, 0.5) is 5.69 Å². The first kappa shape index (κ1) is 15.3. The van der Waals surface area contributed by atoms with Gasteiger partial charge in [-0.3, -0.25) is 9.59 Å². The van der Waals surface area contributed by atoms with E-state index in [1.807, 2.05) is 12.1 Å². The number of hydrogen-bond donors (Lipinski definition) is 1. The maximum absolute atomic E-state index is 12.5. The highest BCUT2D eigenvalue weighted by Crippen LogP contribution is 2.21. The van der Waals surface area contributed by atoms with Crippen LogP contribution in [0.2, 0.25) is 0 Å². The fourth-order valence-corrected chi connectivity index (χ4v) is 2.90. The van der Waals surface area contributed by atoms with Crippen LogP contribution >= 0.6 is 0 Å². The minimum atomic E-state index is -0.303. The molecule has 0 saturated carbocycles. The average Bonchev–Trinajstić information content (AvgIpc) is 2.81. The van der Waals surface area contributed by atoms with E-state index < -0.39 is 0 Å². The summed E-state index contributed by atoms with van der Waals surface area (Å²) < 4.78 is 0. The predicted molar refractivity (Wildman–Crippen MR) is 88.8 cm³/mol. The highest BCUT2D eigenvalue weighted by atomic mass is 16.2. The molecule has 1 saturated heterocycles. The Balaban J connectivity index is 1.71. The van der Waals surface area contributed by atoms with E-state index in [1.165, 1.54) is 17.4 Å². The smallest absolute Gasteiger partial charge is 0.274 e. The van der Waals surface area contributed by atoms with Crippen LogP contribution in [0.5, 0.6) is 0 Å². The number of hydrogen-bond acceptors (Lipinski definition) is 4. The molecule has 1 N–H and O–H groups in total. The number of aromatic amines is 1. The average molecular weight is 312 g/mol. The predicted octanol–water partition coefficient (Wildman–Crippen LogP) is 1.43. The number of H-pyrrole nitrogens is 1. The summed E-state index contributed by atoms with van der Waals surface area (Å²) in [5, 5.41) is 0. The maximum atomic E-state index is 12.5. The first-order chi connectivity index (χ1) is 11.1. The number of rotatable bonds is 2. The molecular formula is C17H20N4O2. The van der Waals surface area contributed by atoms with Gasteiger partial charge in [0, 0.05) is 38.1 Å². The third kappa shape index (κ3) is 3.41. The van der Waals surface area contributed by atoms with Crippen LogP contribution in [0.1, 0.15) is 22.5 Å². The summed E-state index contributed by atoms with van der Waals surface area (Å²) in [5.41, 5.74) is 2.45. The van der Waals surface area contributed by atoms with Crippen molar-refractivity contribution in [3.05, 3.63) is 58.3 Å². The number of benzene rings is 1. The zero-order chi connectivity index (χ0) is 16.2. The summed E-state index contributed by atoms with van der Waals surface area (Å²) in [6.45, 7) is 5.16. The zero-order valence-electron chi connectivity index (χ0n) is 13.2. The Bertz CT molecular complexity index is 736. The summed E-state index contributed by atoms with van der Waals surface area (Å²) in [4.78, 5) is 34.1. The number of carbonyl (C=O) groups is 1. The van der Waals surface area contributed by atoms with E-state index in [-0.39, 0.29) is 17.2 Å². The number of nitrogens with one attached hydrogen (secondary N) is 1. The lowest BCUT2D eigenvalue weighted by Crippen LogP contribution is -2.36. The van der Waals surface area contributed by atoms with E-state index >= 15 is 0 Å². The van der Waals surface area contributed by atoms with E-state index in [0.29, 0.717) is 13.1 Å². The third-order valence-corrected chi connectivity index (χ3v) is 4.13. The number of aryl methyl sites for hydroxylation is 1. The van der Waals surface area contributed by atoms with Crippen LogP contribution in [0, 0.1) is 6.92 Å². The molecule has 1 aromatic heterocycles. The molecule has 6 nitrogen and oxygen atoms in total. The summed E-state index contributed by atoms with van der Waals surface area (Å²) >= 11 is 0. The highest BCUT2D eigenvalue weighted by molar-refractivity contribution is 5.92. The fourth-order valence-electron chi connectivity index (χ4n) is 2.90. The van der Waals surface area contributed by atoms with Gasteiger partial charge in [0.05, 0.1) is 6.20 Å². The molecule has 1 amide bonds. The van der Waals surface area contributed by atoms with Gasteiger partial charge >= 0.3 is 0 Å². The monoisotopic (exact) mass is 312 g/mol. The van der Waals surface area contributed by atoms with Crippen molar-refractivity contribution in [2.45, 2.75) is 13.3 Å². The maximum Gasteiger partial charge on any atom is 0.274 e. The lowest BCUT2D eigenvalue weighted by atomic mass is 10.2. The minimum absolute atomic E-state index is 0.132. The number of para-hydroxylation sites is 1. The quantitative estimate of drug-likeness (QED) is 0.911. The second kappa shape index (κ2) is 6.64. The molecule has 1 fully saturated rings. The minimum Gasteiger partial charge on any atom is -0.369 e. The molecule has 0 radical (unpaired) electrons. The number of nitrogens with zero attached hydrogens (tertiary/aromatic N) is 3. The number of anilines is 1. The molecule has 1 aliphatic heterocycles. The van der Waals surface area contributed by atoms with Crippen LogP contribution in [-0.2, 0) is 0 Å². The molecule has 2 aromatic rings. The summed E-state index contributed by atoms with van der Waals surface area (Å²) in [6, 6.07) is 8.30. The van der Waals surface area contributed by atoms with Gasteiger partial charge in [-0.25, -0.2) is 4.98 Å². The third-order valence-electron chi connectivity index (χ3n) is 4.13. The van der Waals surface area contributed by atoms with E-state index in [4.69, 9.17) is 0 Å². The van der Waals surface area contributed by atoms with E-state index in [9.17, 15) is 9.59 Å². The zero-order valence-corrected chi connectivity index (χ0v) is 13.2. The Labute approximate surface area is 134 Å². The van der Waals surface area contributed by atoms with Gasteiger partial charge in [0.2, 0.25) is 0 Å². The molecular weight excluding hydrogens is 292 g/mol. The van der Waals surface area contributed by atoms with Gasteiger partial charge in [0.1, 0.15) is 5.69 Å². The van der Waals surface area contributed by atoms with Gasteiger partial charge < -0.3 is 14.8 Å². The van der Waals surface area contributed by atoms with E-state index in [0.717, 1.165) is 25.7 Å². The normalized spacial score (nSPS) is 15.3. The number of aromatic nitrogens is 2. The molecule has 2 heterocycles. The van der Waals surface area contributed by atoms with Gasteiger partial charge in [0.15, 0.2) is 0 Å². The second-order valence-electron chi connectivity index (χ2n) is 5.72. The van der Waals surface area contributed by atoms with Crippen molar-refractivity contribution in [1.82, 2.24) is 14.9 Å². The van der Waals surface area contributed by atoms with Crippen LogP contribution in [0.25, 0.3) is 0 Å². The molecule has 120 valence electrons. The molecule has 1 aliphatic rings. The second-order valence-corrected chi connectivity index (χ2v) is 5.72. The van der Waals surface area contributed by atoms with Gasteiger partial charge in [-0.1, -0.05) is 18.2 Å². The Morgan fingerprint density at radius 3 is 2.74 bits per heavy atom. The van der Waals surface area contributed by atoms with E-state index in [2.05, 4.69) is 33.9 Å². The Kier molecular flexibility index (Phi) is 4.41. The lowest BCUT2D eigenvalue weighted by Gasteiger charge is -2.25. The Morgan fingerprint density at radius 1 is 1.17 bits per heavy atom. The number of carbonyl (C=O) groups excluding carboxylic acids is 1. The molecule has 6 heteroatoms. The highest BCUT2D eigenvalue weighted by Gasteiger charge is 2.21. The molecule has 23 heavy (non-hydrogen) atoms. The molecule has 1 aromatic carbocycles. The van der Waals surface area contributed by atoms with Crippen LogP contribution in [0.3, 0.4) is 0 Å². The topological polar surface area (TPSA) is 69.3 Å². The Hall–Kier alpha value is -2.63. The van der Waals surface area contributed by atoms with Crippen molar-refractivity contribution < 1.29 is 4.79 Å². The van der Waals surface area contributed by atoms with Gasteiger partial charge in [-0.2, -0.15) is 0 Å². The van der Waals surface area contributed by atoms with Crippen molar-refractivity contribution in [3.63, 3.8) is 0 Å².